The first-order valence-electron chi connectivity index (χ1n) is 48.6. The summed E-state index contributed by atoms with van der Waals surface area (Å²) in [5.74, 6) is -7.04. The zero-order chi connectivity index (χ0) is 103. The number of nitrogen functional groups attached to an aromatic ring is 1. The van der Waals surface area contributed by atoms with Gasteiger partial charge in [0.25, 0.3) is 0 Å². The number of anilines is 2. The van der Waals surface area contributed by atoms with Crippen LogP contribution in [0.2, 0.25) is 10.6 Å². The number of nitrogens with zero attached hydrogens (tertiary/aromatic N) is 8. The highest BCUT2D eigenvalue weighted by Crippen LogP contribution is 2.64. The fraction of sp³-hybridized carbons (Fsp3) is 0.756. The third-order valence-corrected chi connectivity index (χ3v) is 32.4. The molecular formula is C90H143Cl2FN10O32P4S2. The minimum absolute atomic E-state index is 0.0478. The molecule has 4 aliphatic rings. The van der Waals surface area contributed by atoms with Gasteiger partial charge in [-0.2, -0.15) is 19.9 Å². The van der Waals surface area contributed by atoms with Crippen molar-refractivity contribution in [2.45, 2.75) is 386 Å². The van der Waals surface area contributed by atoms with E-state index in [-0.39, 0.29) is 57.4 Å². The second-order valence-corrected chi connectivity index (χ2v) is 45.7. The van der Waals surface area contributed by atoms with Crippen molar-refractivity contribution in [1.29, 1.82) is 0 Å². The van der Waals surface area contributed by atoms with E-state index in [9.17, 15) is 82.3 Å². The number of halogens is 3. The van der Waals surface area contributed by atoms with E-state index in [1.165, 1.54) is 156 Å². The second kappa shape index (κ2) is 59.5. The predicted molar refractivity (Wildman–Crippen MR) is 521 cm³/mol. The number of aromatic nitrogens is 8. The van der Waals surface area contributed by atoms with Crippen LogP contribution >= 0.6 is 52.3 Å². The van der Waals surface area contributed by atoms with E-state index in [0.717, 1.165) is 79.1 Å². The summed E-state index contributed by atoms with van der Waals surface area (Å²) >= 11 is 22.2. The molecule has 4 aliphatic heterocycles. The first-order chi connectivity index (χ1) is 66.8. The SMILES string of the molecule is CCCCCCCCCCCCCCCCCC(=O)OC[C@@H](OC(C)=O)C1O[C@@H](OP(=O)(O)OP(O)(=S)OC[C@H]2O[C@@H](n3cnc4c(N)nc(Cl)nc43)C(O)[C@H]2O)[C@H](OC(C)=O)C(C)[C@@H]1C.CCCCCCCCCCCCCCCCCC(=O)OC[C@@H](OC(C)=O)C1O[C@@H](OP(=O)(O)OP(O)(=S)OC[C@H]2O[C@@H](n3cnc4c(NC(C)c5ccccc5F)nc(Cl)nc43)C(O)[C@H]2O)[C@H](OC(C)=O)C(C)[C@@H]1C. The van der Waals surface area contributed by atoms with Crippen molar-refractivity contribution in [1.82, 2.24) is 39.0 Å². The molecule has 42 nitrogen and oxygen atoms in total. The van der Waals surface area contributed by atoms with Crippen LogP contribution in [0.4, 0.5) is 16.0 Å². The fourth-order valence-electron chi connectivity index (χ4n) is 17.3. The van der Waals surface area contributed by atoms with Crippen LogP contribution in [0.5, 0.6) is 0 Å². The second-order valence-electron chi connectivity index (χ2n) is 36.3. The van der Waals surface area contributed by atoms with Crippen molar-refractivity contribution in [2.24, 2.45) is 23.7 Å². The molecule has 8 heterocycles. The number of carbonyl (C=O) groups excluding carboxylic acids is 6. The number of imidazole rings is 2. The van der Waals surface area contributed by atoms with Gasteiger partial charge in [-0.15, -0.1) is 0 Å². The molecule has 5 aromatic rings. The van der Waals surface area contributed by atoms with Crippen molar-refractivity contribution < 1.29 is 156 Å². The van der Waals surface area contributed by atoms with Gasteiger partial charge in [0, 0.05) is 57.9 Å². The van der Waals surface area contributed by atoms with Gasteiger partial charge in [0.15, 0.2) is 65.3 Å². The molecule has 4 saturated heterocycles. The van der Waals surface area contributed by atoms with Crippen LogP contribution in [0.15, 0.2) is 36.9 Å². The van der Waals surface area contributed by atoms with Crippen LogP contribution in [0.25, 0.3) is 22.3 Å². The van der Waals surface area contributed by atoms with Crippen LogP contribution in [0.1, 0.15) is 306 Å². The maximum Gasteiger partial charge on any atom is 0.481 e. The molecule has 4 aromatic heterocycles. The van der Waals surface area contributed by atoms with Crippen molar-refractivity contribution in [2.75, 3.05) is 37.5 Å². The molecule has 141 heavy (non-hydrogen) atoms. The van der Waals surface area contributed by atoms with E-state index in [1.807, 2.05) is 0 Å². The smallest absolute Gasteiger partial charge is 0.462 e. The van der Waals surface area contributed by atoms with Gasteiger partial charge in [0.2, 0.25) is 23.1 Å². The Labute approximate surface area is 842 Å². The number of esters is 6. The topological polar surface area (TPSA) is 571 Å². The van der Waals surface area contributed by atoms with Gasteiger partial charge >= 0.3 is 64.9 Å². The zero-order valence-corrected chi connectivity index (χ0v) is 88.5. The average Bonchev–Trinajstić information content (AvgIpc) is 1.61. The van der Waals surface area contributed by atoms with Crippen LogP contribution < -0.4 is 11.1 Å². The maximum atomic E-state index is 14.6. The highest BCUT2D eigenvalue weighted by Gasteiger charge is 2.55. The quantitative estimate of drug-likeness (QED) is 0.00568. The van der Waals surface area contributed by atoms with Gasteiger partial charge in [0.1, 0.15) is 73.4 Å². The number of hydrogen-bond acceptors (Lipinski definition) is 38. The van der Waals surface area contributed by atoms with Crippen LogP contribution in [0, 0.1) is 29.5 Å². The van der Waals surface area contributed by atoms with E-state index >= 15 is 0 Å². The number of nitrogens with one attached hydrogen (secondary N) is 1. The standard InChI is InChI=1S/C49H75ClFN5O16P2S.C41H68ClN5O16P2S/c1-7-8-9-10-11-12-13-14-15-16-17-18-19-20-21-26-39(59)65-27-38(67-33(5)57)43-30(2)31(3)44(68-34(6)58)48(70-43)71-73(62,63)72-74(64,75)66-28-37-41(60)42(61)47(69-37)56-29-52-40-45(54-49(50)55-46(40)56)53-32(4)35-24-22-23-25-36(35)51;1-6-7-8-9-10-11-12-13-14-15-16-17-18-19-20-21-31(50)56-22-30(58-27(4)48)35-25(2)26(3)36(59-28(5)49)40(61-35)62-64(53,54)63-65(55,66)57-23-29-33(51)34(52)39(60-29)47-24-44-32-37(43)45-41(42)46-38(32)47/h22-25,29-32,37-38,41-44,47-48,60-61H,7-21,26-28H2,1-6H3,(H,62,63)(H,64,75)(H,53,54,55);24-26,29-30,33-36,39-40,51-52H,6-23H2,1-5H3,(H,53,54)(H,55,66)(H2,43,45,46)/t30-,31?,32?,37+,38+,41-,42?,43?,44+,47+,48-,74?;25-,26?,29+,30+,33-,34?,35?,36+,39+,40-,65?/m00/s1. The molecule has 798 valence electrons. The summed E-state index contributed by atoms with van der Waals surface area (Å²) in [5, 5.41) is 46.3. The fourth-order valence-corrected chi connectivity index (χ4v) is 23.8. The minimum atomic E-state index is -5.53. The largest absolute Gasteiger partial charge is 0.481 e. The minimum Gasteiger partial charge on any atom is -0.462 e. The Bertz CT molecular complexity index is 4980. The van der Waals surface area contributed by atoms with Gasteiger partial charge in [-0.3, -0.25) is 46.9 Å². The Hall–Kier alpha value is -5.71. The van der Waals surface area contributed by atoms with Crippen molar-refractivity contribution in [3.8, 4) is 0 Å². The van der Waals surface area contributed by atoms with Gasteiger partial charge in [-0.1, -0.05) is 240 Å². The van der Waals surface area contributed by atoms with E-state index in [0.29, 0.717) is 18.4 Å². The molecule has 11 unspecified atom stereocenters. The lowest BCUT2D eigenvalue weighted by Crippen LogP contribution is -2.56. The number of nitrogens with two attached hydrogens (primary N) is 1. The lowest BCUT2D eigenvalue weighted by molar-refractivity contribution is -0.270. The molecule has 9 rings (SSSR count). The van der Waals surface area contributed by atoms with E-state index < -0.39 is 225 Å². The number of carbonyl (C=O) groups is 6. The normalized spacial score (nSPS) is 25.9. The Kier molecular flexibility index (Phi) is 50.8. The van der Waals surface area contributed by atoms with Crippen molar-refractivity contribution in [3.63, 3.8) is 0 Å². The van der Waals surface area contributed by atoms with Gasteiger partial charge in [-0.25, -0.2) is 32.1 Å². The maximum absolute atomic E-state index is 14.6. The molecule has 51 heteroatoms. The molecule has 11 N–H and O–H groups in total. The molecule has 4 fully saturated rings. The molecule has 25 atom stereocenters. The zero-order valence-electron chi connectivity index (χ0n) is 81.8. The van der Waals surface area contributed by atoms with E-state index in [4.69, 9.17) is 127 Å². The van der Waals surface area contributed by atoms with Crippen molar-refractivity contribution in [3.05, 3.63) is 58.9 Å². The Balaban J connectivity index is 0.000000348. The van der Waals surface area contributed by atoms with Gasteiger partial charge in [-0.05, 0) is 84.5 Å². The van der Waals surface area contributed by atoms with Gasteiger partial charge in [0.05, 0.1) is 31.9 Å². The molecule has 0 bridgehead atoms. The molecule has 1 aromatic carbocycles. The highest BCUT2D eigenvalue weighted by molar-refractivity contribution is 8.08. The monoisotopic (exact) mass is 2150 g/mol. The van der Waals surface area contributed by atoms with Crippen LogP contribution in [-0.2, 0) is 136 Å². The molecule has 0 saturated carbocycles. The predicted octanol–water partition coefficient (Wildman–Crippen LogP) is 16.2. The Morgan fingerprint density at radius 3 is 1.21 bits per heavy atom. The van der Waals surface area contributed by atoms with Crippen molar-refractivity contribution >= 4 is 146 Å². The Morgan fingerprint density at radius 2 is 0.844 bits per heavy atom. The molecule has 0 amide bonds. The number of benzene rings is 1. The summed E-state index contributed by atoms with van der Waals surface area (Å²) in [7, 11) is -11.0. The lowest BCUT2D eigenvalue weighted by Gasteiger charge is -2.45. The number of aliphatic hydroxyl groups is 4. The van der Waals surface area contributed by atoms with E-state index in [2.05, 4.69) is 49.1 Å². The lowest BCUT2D eigenvalue weighted by atomic mass is 9.81. The third kappa shape index (κ3) is 39.1. The number of phosphoric ester groups is 2. The summed E-state index contributed by atoms with van der Waals surface area (Å²) in [6.45, 7) is 5.38. The molecule has 0 aliphatic carbocycles. The van der Waals surface area contributed by atoms with Crippen LogP contribution in [-0.4, -0.2) is 227 Å². The molecule has 0 radical (unpaired) electrons. The highest BCUT2D eigenvalue weighted by atomic mass is 35.5. The Morgan fingerprint density at radius 1 is 0.496 bits per heavy atom. The number of fused-ring (bicyclic) bond motifs is 2. The van der Waals surface area contributed by atoms with E-state index in [1.54, 1.807) is 52.8 Å². The molecule has 0 spiro atoms. The van der Waals surface area contributed by atoms with Gasteiger partial charge < -0.3 is 107 Å². The number of ether oxygens (including phenoxy) is 10. The molecular weight excluding hydrogens is 2010 g/mol. The number of hydrogen-bond donors (Lipinski definition) is 10. The number of phosphoric acid groups is 2. The summed E-state index contributed by atoms with van der Waals surface area (Å²) in [6.07, 6.45) is 14.8. The first kappa shape index (κ1) is 121. The average molecular weight is 2160 g/mol. The number of aliphatic hydroxyl groups excluding tert-OH is 4. The summed E-state index contributed by atoms with van der Waals surface area (Å²) < 4.78 is 132. The number of rotatable bonds is 61. The number of unbranched alkanes of at least 4 members (excludes halogenated alkanes) is 28. The third-order valence-electron chi connectivity index (χ3n) is 25.1. The first-order valence-corrected chi connectivity index (χ1v) is 57.6. The summed E-state index contributed by atoms with van der Waals surface area (Å²) in [5.41, 5.74) is 6.63. The summed E-state index contributed by atoms with van der Waals surface area (Å²) in [4.78, 5) is 143. The summed E-state index contributed by atoms with van der Waals surface area (Å²) in [6, 6.07) is 5.54. The van der Waals surface area contributed by atoms with Crippen LogP contribution in [0.3, 0.4) is 0 Å².